The van der Waals surface area contributed by atoms with Crippen LogP contribution in [0, 0.1) is 5.92 Å². The molecule has 0 saturated carbocycles. The number of hydrogen-bond acceptors (Lipinski definition) is 4. The van der Waals surface area contributed by atoms with Crippen molar-refractivity contribution in [2.45, 2.75) is 24.1 Å². The van der Waals surface area contributed by atoms with E-state index in [9.17, 15) is 9.90 Å². The number of fused-ring (bicyclic) bond motifs is 1. The quantitative estimate of drug-likeness (QED) is 0.855. The molecule has 0 bridgehead atoms. The topological polar surface area (TPSA) is 59.4 Å². The van der Waals surface area contributed by atoms with Crippen molar-refractivity contribution in [2.75, 3.05) is 7.11 Å². The number of pyridine rings is 1. The molecule has 0 aliphatic carbocycles. The van der Waals surface area contributed by atoms with Crippen LogP contribution < -0.4 is 4.74 Å². The summed E-state index contributed by atoms with van der Waals surface area (Å²) in [5.41, 5.74) is 0. The maximum absolute atomic E-state index is 11.3. The average Bonchev–Trinajstić information content (AvgIpc) is 2.43. The second-order valence-corrected chi connectivity index (χ2v) is 5.95. The first kappa shape index (κ1) is 14.7. The minimum Gasteiger partial charge on any atom is -0.497 e. The van der Waals surface area contributed by atoms with Crippen LogP contribution in [0.5, 0.6) is 5.75 Å². The zero-order valence-electron chi connectivity index (χ0n) is 11.7. The van der Waals surface area contributed by atoms with Gasteiger partial charge in [0.05, 0.1) is 7.11 Å². The van der Waals surface area contributed by atoms with Gasteiger partial charge in [-0.3, -0.25) is 4.79 Å². The number of hydrogen-bond donors (Lipinski definition) is 1. The van der Waals surface area contributed by atoms with E-state index in [0.29, 0.717) is 0 Å². The Hall–Kier alpha value is -1.75. The Bertz CT molecular complexity index is 628. The highest BCUT2D eigenvalue weighted by molar-refractivity contribution is 8.00. The van der Waals surface area contributed by atoms with E-state index in [1.807, 2.05) is 38.1 Å². The molecule has 0 fully saturated rings. The highest BCUT2D eigenvalue weighted by Gasteiger charge is 2.24. The van der Waals surface area contributed by atoms with Gasteiger partial charge in [-0.15, -0.1) is 0 Å². The van der Waals surface area contributed by atoms with E-state index in [0.717, 1.165) is 21.5 Å². The van der Waals surface area contributed by atoms with Crippen molar-refractivity contribution in [3.05, 3.63) is 30.5 Å². The fourth-order valence-electron chi connectivity index (χ4n) is 1.93. The van der Waals surface area contributed by atoms with Gasteiger partial charge in [-0.2, -0.15) is 0 Å². The first-order valence-corrected chi connectivity index (χ1v) is 7.23. The predicted molar refractivity (Wildman–Crippen MR) is 80.4 cm³/mol. The summed E-state index contributed by atoms with van der Waals surface area (Å²) in [6, 6.07) is 7.63. The van der Waals surface area contributed by atoms with Gasteiger partial charge >= 0.3 is 5.97 Å². The summed E-state index contributed by atoms with van der Waals surface area (Å²) in [4.78, 5) is 15.7. The summed E-state index contributed by atoms with van der Waals surface area (Å²) in [6.45, 7) is 3.80. The van der Waals surface area contributed by atoms with Crippen molar-refractivity contribution in [1.29, 1.82) is 0 Å². The van der Waals surface area contributed by atoms with E-state index in [-0.39, 0.29) is 5.92 Å². The molecule has 1 unspecified atom stereocenters. The summed E-state index contributed by atoms with van der Waals surface area (Å²) < 4.78 is 5.22. The van der Waals surface area contributed by atoms with Crippen molar-refractivity contribution >= 4 is 28.5 Å². The molecule has 0 spiro atoms. The number of thioether (sulfide) groups is 1. The molecule has 20 heavy (non-hydrogen) atoms. The van der Waals surface area contributed by atoms with Crippen molar-refractivity contribution < 1.29 is 14.6 Å². The molecule has 0 amide bonds. The van der Waals surface area contributed by atoms with Crippen LogP contribution in [-0.4, -0.2) is 28.4 Å². The van der Waals surface area contributed by atoms with Crippen LogP contribution in [0.2, 0.25) is 0 Å². The van der Waals surface area contributed by atoms with Crippen LogP contribution in [0.1, 0.15) is 13.8 Å². The summed E-state index contributed by atoms with van der Waals surface area (Å²) in [7, 11) is 1.61. The number of carboxylic acid groups (broad SMARTS) is 1. The molecule has 1 aromatic heterocycles. The molecule has 1 heterocycles. The van der Waals surface area contributed by atoms with Crippen LogP contribution in [0.25, 0.3) is 10.8 Å². The number of nitrogens with zero attached hydrogens (tertiary/aromatic N) is 1. The number of aliphatic carboxylic acids is 1. The number of benzene rings is 1. The molecule has 1 N–H and O–H groups in total. The lowest BCUT2D eigenvalue weighted by Gasteiger charge is -2.16. The summed E-state index contributed by atoms with van der Waals surface area (Å²) >= 11 is 1.29. The molecule has 2 aromatic rings. The van der Waals surface area contributed by atoms with Crippen LogP contribution in [0.15, 0.2) is 35.5 Å². The molecule has 0 aliphatic rings. The van der Waals surface area contributed by atoms with Gasteiger partial charge in [0.25, 0.3) is 0 Å². The molecule has 1 aromatic carbocycles. The van der Waals surface area contributed by atoms with E-state index in [1.165, 1.54) is 11.8 Å². The lowest BCUT2D eigenvalue weighted by Crippen LogP contribution is -2.22. The highest BCUT2D eigenvalue weighted by atomic mass is 32.2. The summed E-state index contributed by atoms with van der Waals surface area (Å²) in [6.07, 6.45) is 1.70. The van der Waals surface area contributed by atoms with Crippen molar-refractivity contribution in [1.82, 2.24) is 4.98 Å². The zero-order valence-corrected chi connectivity index (χ0v) is 12.5. The standard InChI is InChI=1S/C15H17NO3S/c1-9(2)13(15(17)18)20-14-12-8-11(19-3)5-4-10(12)6-7-16-14/h4-9,13H,1-3H3,(H,17,18). The van der Waals surface area contributed by atoms with Crippen LogP contribution >= 0.6 is 11.8 Å². The number of methoxy groups -OCH3 is 1. The van der Waals surface area contributed by atoms with E-state index in [4.69, 9.17) is 4.74 Å². The van der Waals surface area contributed by atoms with Crippen molar-refractivity contribution in [3.63, 3.8) is 0 Å². The molecule has 5 heteroatoms. The minimum atomic E-state index is -0.813. The summed E-state index contributed by atoms with van der Waals surface area (Å²) in [5, 5.41) is 11.5. The fraction of sp³-hybridized carbons (Fsp3) is 0.333. The molecule has 0 saturated heterocycles. The largest absolute Gasteiger partial charge is 0.497 e. The van der Waals surface area contributed by atoms with E-state index < -0.39 is 11.2 Å². The van der Waals surface area contributed by atoms with Gasteiger partial charge in [-0.25, -0.2) is 4.98 Å². The third-order valence-electron chi connectivity index (χ3n) is 3.02. The van der Waals surface area contributed by atoms with Crippen molar-refractivity contribution in [3.8, 4) is 5.75 Å². The van der Waals surface area contributed by atoms with E-state index in [2.05, 4.69) is 4.98 Å². The monoisotopic (exact) mass is 291 g/mol. The normalized spacial score (nSPS) is 12.6. The van der Waals surface area contributed by atoms with E-state index >= 15 is 0 Å². The maximum atomic E-state index is 11.3. The second kappa shape index (κ2) is 6.13. The molecular formula is C15H17NO3S. The Kier molecular flexibility index (Phi) is 4.49. The number of aromatic nitrogens is 1. The van der Waals surface area contributed by atoms with Gasteiger partial charge < -0.3 is 9.84 Å². The Labute approximate surface area is 122 Å². The Morgan fingerprint density at radius 3 is 2.70 bits per heavy atom. The van der Waals surface area contributed by atoms with E-state index in [1.54, 1.807) is 13.3 Å². The minimum absolute atomic E-state index is 0.0279. The number of carbonyl (C=O) groups is 1. The Morgan fingerprint density at radius 1 is 1.35 bits per heavy atom. The third-order valence-corrected chi connectivity index (χ3v) is 4.57. The number of carboxylic acids is 1. The maximum Gasteiger partial charge on any atom is 0.317 e. The molecule has 0 radical (unpaired) electrons. The first-order valence-electron chi connectivity index (χ1n) is 6.35. The summed E-state index contributed by atoms with van der Waals surface area (Å²) in [5.74, 6) is -0.0457. The van der Waals surface area contributed by atoms with Crippen LogP contribution in [0.4, 0.5) is 0 Å². The smallest absolute Gasteiger partial charge is 0.317 e. The third kappa shape index (κ3) is 3.04. The lowest BCUT2D eigenvalue weighted by molar-refractivity contribution is -0.137. The van der Waals surface area contributed by atoms with Crippen LogP contribution in [-0.2, 0) is 4.79 Å². The van der Waals surface area contributed by atoms with Crippen molar-refractivity contribution in [2.24, 2.45) is 5.92 Å². The van der Waals surface area contributed by atoms with Gasteiger partial charge in [0.2, 0.25) is 0 Å². The molecule has 106 valence electrons. The van der Waals surface area contributed by atoms with Gasteiger partial charge in [0.15, 0.2) is 0 Å². The number of ether oxygens (including phenoxy) is 1. The first-order chi connectivity index (χ1) is 9.52. The molecular weight excluding hydrogens is 274 g/mol. The van der Waals surface area contributed by atoms with Gasteiger partial charge in [0, 0.05) is 11.6 Å². The zero-order chi connectivity index (χ0) is 14.7. The fourth-order valence-corrected chi connectivity index (χ4v) is 2.97. The predicted octanol–water partition coefficient (Wildman–Crippen LogP) is 3.44. The molecule has 0 aliphatic heterocycles. The number of rotatable bonds is 5. The second-order valence-electron chi connectivity index (χ2n) is 4.82. The van der Waals surface area contributed by atoms with Gasteiger partial charge in [-0.1, -0.05) is 31.7 Å². The molecule has 1 atom stereocenters. The Balaban J connectivity index is 2.45. The van der Waals surface area contributed by atoms with Crippen LogP contribution in [0.3, 0.4) is 0 Å². The Morgan fingerprint density at radius 2 is 2.10 bits per heavy atom. The highest BCUT2D eigenvalue weighted by Crippen LogP contribution is 2.33. The van der Waals surface area contributed by atoms with Gasteiger partial charge in [-0.05, 0) is 29.5 Å². The molecule has 4 nitrogen and oxygen atoms in total. The SMILES string of the molecule is COc1ccc2ccnc(SC(C(=O)O)C(C)C)c2c1. The molecule has 2 rings (SSSR count). The average molecular weight is 291 g/mol. The van der Waals surface area contributed by atoms with Gasteiger partial charge in [0.1, 0.15) is 16.0 Å². The lowest BCUT2D eigenvalue weighted by atomic mass is 10.1.